The van der Waals surface area contributed by atoms with Crippen LogP contribution < -0.4 is 5.32 Å². The van der Waals surface area contributed by atoms with Crippen molar-refractivity contribution in [3.8, 4) is 0 Å². The first-order valence-electron chi connectivity index (χ1n) is 8.43. The summed E-state index contributed by atoms with van der Waals surface area (Å²) in [5.41, 5.74) is 1.07. The van der Waals surface area contributed by atoms with Crippen molar-refractivity contribution in [3.05, 3.63) is 56.7 Å². The lowest BCUT2D eigenvalue weighted by molar-refractivity contribution is -0.127. The minimum absolute atomic E-state index is 0.0269. The van der Waals surface area contributed by atoms with Crippen LogP contribution in [0.3, 0.4) is 0 Å². The molecule has 0 spiro atoms. The first-order chi connectivity index (χ1) is 12.0. The van der Waals surface area contributed by atoms with Crippen LogP contribution in [0.1, 0.15) is 41.0 Å². The number of rotatable bonds is 4. The zero-order chi connectivity index (χ0) is 17.8. The molecule has 1 N–H and O–H groups in total. The number of carbonyl (C=O) groups is 2. The Labute approximate surface area is 160 Å². The molecule has 2 unspecified atom stereocenters. The van der Waals surface area contributed by atoms with Gasteiger partial charge in [0.15, 0.2) is 0 Å². The number of hydrogen-bond donors (Lipinski definition) is 1. The molecule has 25 heavy (non-hydrogen) atoms. The van der Waals surface area contributed by atoms with Crippen molar-refractivity contribution < 1.29 is 9.59 Å². The summed E-state index contributed by atoms with van der Waals surface area (Å²) in [5, 5.41) is 4.99. The van der Waals surface area contributed by atoms with E-state index < -0.39 is 0 Å². The molecule has 0 aliphatic carbocycles. The summed E-state index contributed by atoms with van der Waals surface area (Å²) in [7, 11) is 0. The van der Waals surface area contributed by atoms with E-state index in [1.54, 1.807) is 0 Å². The fourth-order valence-electron chi connectivity index (χ4n) is 3.10. The van der Waals surface area contributed by atoms with Gasteiger partial charge in [-0.3, -0.25) is 9.59 Å². The van der Waals surface area contributed by atoms with Crippen molar-refractivity contribution in [1.29, 1.82) is 0 Å². The molecule has 0 radical (unpaired) electrons. The standard InChI is InChI=1S/C19H21BrN2O2S/c1-13(14-6-8-16(20)9-7-14)21-18(23)15-4-2-10-22(12-15)19(24)17-5-3-11-25-17/h3,5-9,11,13,15H,2,4,10,12H2,1H3,(H,21,23). The van der Waals surface area contributed by atoms with Gasteiger partial charge >= 0.3 is 0 Å². The summed E-state index contributed by atoms with van der Waals surface area (Å²) >= 11 is 4.87. The van der Waals surface area contributed by atoms with Crippen molar-refractivity contribution in [2.45, 2.75) is 25.8 Å². The molecule has 0 bridgehead atoms. The Bertz CT molecular complexity index is 730. The monoisotopic (exact) mass is 420 g/mol. The van der Waals surface area contributed by atoms with E-state index in [2.05, 4.69) is 21.2 Å². The highest BCUT2D eigenvalue weighted by molar-refractivity contribution is 9.10. The highest BCUT2D eigenvalue weighted by atomic mass is 79.9. The van der Waals surface area contributed by atoms with E-state index in [1.807, 2.05) is 53.6 Å². The summed E-state index contributed by atoms with van der Waals surface area (Å²) in [4.78, 5) is 27.7. The maximum atomic E-state index is 12.6. The summed E-state index contributed by atoms with van der Waals surface area (Å²) in [6.07, 6.45) is 1.69. The van der Waals surface area contributed by atoms with E-state index in [4.69, 9.17) is 0 Å². The topological polar surface area (TPSA) is 49.4 Å². The fourth-order valence-corrected chi connectivity index (χ4v) is 4.05. The van der Waals surface area contributed by atoms with Gasteiger partial charge in [0, 0.05) is 17.6 Å². The predicted molar refractivity (Wildman–Crippen MR) is 104 cm³/mol. The SMILES string of the molecule is CC(NC(=O)C1CCCN(C(=O)c2cccs2)C1)c1ccc(Br)cc1. The summed E-state index contributed by atoms with van der Waals surface area (Å²) < 4.78 is 1.02. The minimum atomic E-state index is -0.143. The highest BCUT2D eigenvalue weighted by Crippen LogP contribution is 2.22. The molecule has 1 aromatic carbocycles. The molecule has 1 saturated heterocycles. The Morgan fingerprint density at radius 2 is 2.04 bits per heavy atom. The third-order valence-electron chi connectivity index (χ3n) is 4.54. The average molecular weight is 421 g/mol. The Morgan fingerprint density at radius 3 is 2.72 bits per heavy atom. The van der Waals surface area contributed by atoms with Crippen LogP contribution in [0.2, 0.25) is 0 Å². The molecule has 1 aliphatic heterocycles. The number of benzene rings is 1. The molecule has 1 aromatic heterocycles. The Hall–Kier alpha value is -1.66. The van der Waals surface area contributed by atoms with Crippen LogP contribution >= 0.6 is 27.3 Å². The summed E-state index contributed by atoms with van der Waals surface area (Å²) in [6.45, 7) is 3.21. The van der Waals surface area contributed by atoms with Crippen molar-refractivity contribution in [3.63, 3.8) is 0 Å². The first kappa shape index (κ1) is 18.1. The van der Waals surface area contributed by atoms with Gasteiger partial charge in [-0.05, 0) is 48.9 Å². The maximum absolute atomic E-state index is 12.6. The minimum Gasteiger partial charge on any atom is -0.349 e. The van der Waals surface area contributed by atoms with E-state index in [1.165, 1.54) is 11.3 Å². The van der Waals surface area contributed by atoms with Crippen LogP contribution in [0.25, 0.3) is 0 Å². The molecule has 1 fully saturated rings. The van der Waals surface area contributed by atoms with Gasteiger partial charge in [0.1, 0.15) is 0 Å². The molecule has 0 saturated carbocycles. The lowest BCUT2D eigenvalue weighted by atomic mass is 9.96. The van der Waals surface area contributed by atoms with Gasteiger partial charge < -0.3 is 10.2 Å². The Morgan fingerprint density at radius 1 is 1.28 bits per heavy atom. The van der Waals surface area contributed by atoms with Gasteiger partial charge in [-0.15, -0.1) is 11.3 Å². The Balaban J connectivity index is 1.60. The van der Waals surface area contributed by atoms with Crippen molar-refractivity contribution in [2.24, 2.45) is 5.92 Å². The van der Waals surface area contributed by atoms with Gasteiger partial charge in [0.05, 0.1) is 16.8 Å². The molecule has 6 heteroatoms. The van der Waals surface area contributed by atoms with Gasteiger partial charge in [0.2, 0.25) is 5.91 Å². The summed E-state index contributed by atoms with van der Waals surface area (Å²) in [6, 6.07) is 11.6. The van der Waals surface area contributed by atoms with Crippen LogP contribution in [0.15, 0.2) is 46.3 Å². The normalized spacial score (nSPS) is 18.6. The molecule has 3 rings (SSSR count). The first-order valence-corrected chi connectivity index (χ1v) is 10.1. The van der Waals surface area contributed by atoms with Gasteiger partial charge in [-0.1, -0.05) is 34.1 Å². The van der Waals surface area contributed by atoms with Crippen molar-refractivity contribution in [2.75, 3.05) is 13.1 Å². The number of likely N-dealkylation sites (tertiary alicyclic amines) is 1. The number of carbonyl (C=O) groups excluding carboxylic acids is 2. The molecule has 4 nitrogen and oxygen atoms in total. The fraction of sp³-hybridized carbons (Fsp3) is 0.368. The lowest BCUT2D eigenvalue weighted by Gasteiger charge is -2.32. The zero-order valence-corrected chi connectivity index (χ0v) is 16.5. The van der Waals surface area contributed by atoms with Gasteiger partial charge in [-0.25, -0.2) is 0 Å². The van der Waals surface area contributed by atoms with Crippen LogP contribution in [0, 0.1) is 5.92 Å². The van der Waals surface area contributed by atoms with Gasteiger partial charge in [-0.2, -0.15) is 0 Å². The van der Waals surface area contributed by atoms with Crippen LogP contribution in [0.4, 0.5) is 0 Å². The number of amides is 2. The number of thiophene rings is 1. The van der Waals surface area contributed by atoms with Crippen LogP contribution in [0.5, 0.6) is 0 Å². The Kier molecular flexibility index (Phi) is 5.91. The van der Waals surface area contributed by atoms with E-state index in [0.29, 0.717) is 6.54 Å². The number of nitrogens with one attached hydrogen (secondary N) is 1. The molecule has 2 amide bonds. The largest absolute Gasteiger partial charge is 0.349 e. The van der Waals surface area contributed by atoms with E-state index in [-0.39, 0.29) is 23.8 Å². The molecule has 132 valence electrons. The summed E-state index contributed by atoms with van der Waals surface area (Å²) in [5.74, 6) is -0.0804. The molecule has 1 aliphatic rings. The second-order valence-electron chi connectivity index (χ2n) is 6.35. The lowest BCUT2D eigenvalue weighted by Crippen LogP contribution is -2.45. The van der Waals surface area contributed by atoms with E-state index in [0.717, 1.165) is 34.3 Å². The second-order valence-corrected chi connectivity index (χ2v) is 8.21. The predicted octanol–water partition coefficient (Wildman–Crippen LogP) is 4.24. The number of halogens is 1. The zero-order valence-electron chi connectivity index (χ0n) is 14.1. The molecule has 2 atom stereocenters. The second kappa shape index (κ2) is 8.15. The smallest absolute Gasteiger partial charge is 0.263 e. The maximum Gasteiger partial charge on any atom is 0.263 e. The van der Waals surface area contributed by atoms with Crippen LogP contribution in [-0.2, 0) is 4.79 Å². The number of hydrogen-bond acceptors (Lipinski definition) is 3. The van der Waals surface area contributed by atoms with E-state index >= 15 is 0 Å². The van der Waals surface area contributed by atoms with E-state index in [9.17, 15) is 9.59 Å². The molecule has 2 heterocycles. The van der Waals surface area contributed by atoms with Crippen molar-refractivity contribution >= 4 is 39.1 Å². The van der Waals surface area contributed by atoms with Gasteiger partial charge in [0.25, 0.3) is 5.91 Å². The molecule has 2 aromatic rings. The third-order valence-corrected chi connectivity index (χ3v) is 5.93. The molecular formula is C19H21BrN2O2S. The van der Waals surface area contributed by atoms with Crippen molar-refractivity contribution in [1.82, 2.24) is 10.2 Å². The van der Waals surface area contributed by atoms with Crippen LogP contribution in [-0.4, -0.2) is 29.8 Å². The highest BCUT2D eigenvalue weighted by Gasteiger charge is 2.29. The molecular weight excluding hydrogens is 400 g/mol. The number of piperidine rings is 1. The number of nitrogens with zero attached hydrogens (tertiary/aromatic N) is 1. The third kappa shape index (κ3) is 4.50. The average Bonchev–Trinajstić information content (AvgIpc) is 3.16. The quantitative estimate of drug-likeness (QED) is 0.803.